The number of aliphatic hydroxyl groups is 4. The first-order valence-electron chi connectivity index (χ1n) is 11.9. The van der Waals surface area contributed by atoms with Crippen molar-refractivity contribution in [1.29, 1.82) is 0 Å². The van der Waals surface area contributed by atoms with Gasteiger partial charge in [0, 0.05) is 6.61 Å². The molecule has 0 aromatic carbocycles. The monoisotopic (exact) mass is 394 g/mol. The fraction of sp³-hybridized carbons (Fsp3) is 1.00. The maximum Gasteiger partial charge on any atom is 0.0605 e. The van der Waals surface area contributed by atoms with Gasteiger partial charge in [-0.15, -0.1) is 0 Å². The summed E-state index contributed by atoms with van der Waals surface area (Å²) in [6.45, 7) is 7.15. The van der Waals surface area contributed by atoms with Crippen LogP contribution in [0.25, 0.3) is 0 Å². The van der Waals surface area contributed by atoms with Gasteiger partial charge in [-0.25, -0.2) is 0 Å². The Hall–Kier alpha value is -0.160. The van der Waals surface area contributed by atoms with E-state index in [2.05, 4.69) is 20.8 Å². The van der Waals surface area contributed by atoms with Gasteiger partial charge in [0.25, 0.3) is 0 Å². The molecule has 11 atom stereocenters. The molecule has 0 saturated heterocycles. The molecule has 4 aliphatic carbocycles. The third kappa shape index (κ3) is 2.92. The molecule has 4 heteroatoms. The Bertz CT molecular complexity index is 567. The van der Waals surface area contributed by atoms with Crippen molar-refractivity contribution in [3.63, 3.8) is 0 Å². The van der Waals surface area contributed by atoms with E-state index in [0.717, 1.165) is 51.4 Å². The molecule has 4 nitrogen and oxygen atoms in total. The van der Waals surface area contributed by atoms with Crippen LogP contribution in [0.15, 0.2) is 0 Å². The van der Waals surface area contributed by atoms with E-state index >= 15 is 0 Å². The Morgan fingerprint density at radius 2 is 1.71 bits per heavy atom. The molecule has 4 rings (SSSR count). The minimum absolute atomic E-state index is 0.0216. The van der Waals surface area contributed by atoms with E-state index in [4.69, 9.17) is 0 Å². The van der Waals surface area contributed by atoms with Gasteiger partial charge in [-0.1, -0.05) is 27.2 Å². The summed E-state index contributed by atoms with van der Waals surface area (Å²) < 4.78 is 0. The van der Waals surface area contributed by atoms with E-state index in [1.165, 1.54) is 6.42 Å². The summed E-state index contributed by atoms with van der Waals surface area (Å²) >= 11 is 0. The lowest BCUT2D eigenvalue weighted by molar-refractivity contribution is -0.234. The summed E-state index contributed by atoms with van der Waals surface area (Å²) in [7, 11) is 0. The molecule has 162 valence electrons. The van der Waals surface area contributed by atoms with Gasteiger partial charge in [0.2, 0.25) is 0 Å². The predicted octanol–water partition coefficient (Wildman–Crippen LogP) is 3.36. The van der Waals surface area contributed by atoms with Gasteiger partial charge in [-0.05, 0) is 97.7 Å². The summed E-state index contributed by atoms with van der Waals surface area (Å²) in [5.41, 5.74) is 0.0974. The van der Waals surface area contributed by atoms with Crippen LogP contribution in [0.4, 0.5) is 0 Å². The minimum atomic E-state index is -0.366. The van der Waals surface area contributed by atoms with E-state index < -0.39 is 0 Å². The van der Waals surface area contributed by atoms with Crippen molar-refractivity contribution in [2.45, 2.75) is 96.9 Å². The number of aliphatic hydroxyl groups excluding tert-OH is 4. The van der Waals surface area contributed by atoms with Gasteiger partial charge in [0.05, 0.1) is 18.3 Å². The Kier molecular flexibility index (Phi) is 5.66. The molecule has 0 heterocycles. The second-order valence-electron chi connectivity index (χ2n) is 11.2. The first-order valence-corrected chi connectivity index (χ1v) is 11.9. The molecule has 28 heavy (non-hydrogen) atoms. The summed E-state index contributed by atoms with van der Waals surface area (Å²) in [5, 5.41) is 42.8. The lowest BCUT2D eigenvalue weighted by atomic mass is 9.41. The average Bonchev–Trinajstić information content (AvgIpc) is 2.97. The maximum atomic E-state index is 11.6. The van der Waals surface area contributed by atoms with Crippen molar-refractivity contribution in [3.05, 3.63) is 0 Å². The topological polar surface area (TPSA) is 80.9 Å². The highest BCUT2D eigenvalue weighted by Gasteiger charge is 2.66. The van der Waals surface area contributed by atoms with Crippen LogP contribution >= 0.6 is 0 Å². The molecule has 0 amide bonds. The van der Waals surface area contributed by atoms with Crippen LogP contribution in [0.5, 0.6) is 0 Å². The first kappa shape index (κ1) is 21.1. The van der Waals surface area contributed by atoms with Crippen molar-refractivity contribution in [2.75, 3.05) is 6.61 Å². The van der Waals surface area contributed by atoms with Gasteiger partial charge in [-0.3, -0.25) is 0 Å². The molecule has 0 aliphatic heterocycles. The molecule has 0 aromatic heterocycles. The molecule has 0 bridgehead atoms. The zero-order valence-electron chi connectivity index (χ0n) is 18.1. The summed E-state index contributed by atoms with van der Waals surface area (Å²) in [6.07, 6.45) is 7.58. The zero-order valence-corrected chi connectivity index (χ0v) is 18.1. The molecule has 4 fully saturated rings. The average molecular weight is 395 g/mol. The van der Waals surface area contributed by atoms with Crippen molar-refractivity contribution >= 4 is 0 Å². The molecule has 4 aliphatic rings. The lowest BCUT2D eigenvalue weighted by Crippen LogP contribution is -2.65. The van der Waals surface area contributed by atoms with E-state index in [-0.39, 0.29) is 53.5 Å². The predicted molar refractivity (Wildman–Crippen MR) is 109 cm³/mol. The van der Waals surface area contributed by atoms with E-state index in [1.54, 1.807) is 0 Å². The van der Waals surface area contributed by atoms with Crippen LogP contribution in [0, 0.1) is 46.3 Å². The van der Waals surface area contributed by atoms with Crippen LogP contribution in [-0.2, 0) is 0 Å². The fourth-order valence-electron chi connectivity index (χ4n) is 8.99. The standard InChI is InChI=1S/C24H42O4/c1-4-16-18-12-15(26)9-10-23(18,2)21-19(27)13-24(3)14(6-5-11-25)7-8-17(24)20(21)22(16)28/h14-22,25-28H,4-13H2,1-3H3/t14?,15-,16-,17?,18?,19?,20?,21?,22-,23?,24?/m1/s1. The Morgan fingerprint density at radius 1 is 0.964 bits per heavy atom. The highest BCUT2D eigenvalue weighted by Crippen LogP contribution is 2.69. The fourth-order valence-corrected chi connectivity index (χ4v) is 8.99. The number of rotatable bonds is 4. The van der Waals surface area contributed by atoms with Gasteiger partial charge >= 0.3 is 0 Å². The Morgan fingerprint density at radius 3 is 2.39 bits per heavy atom. The Balaban J connectivity index is 1.70. The molecular formula is C24H42O4. The SMILES string of the molecule is CC[C@@H]1C2C[C@H](O)CCC2(C)C2C(O)CC3(C)C(CCCO)CCC3C2[C@@H]1O. The van der Waals surface area contributed by atoms with Crippen LogP contribution < -0.4 is 0 Å². The van der Waals surface area contributed by atoms with Crippen molar-refractivity contribution < 1.29 is 20.4 Å². The highest BCUT2D eigenvalue weighted by atomic mass is 16.3. The normalized spacial score (nSPS) is 56.0. The molecular weight excluding hydrogens is 352 g/mol. The van der Waals surface area contributed by atoms with Gasteiger partial charge in [0.15, 0.2) is 0 Å². The van der Waals surface area contributed by atoms with E-state index in [9.17, 15) is 20.4 Å². The third-order valence-corrected chi connectivity index (χ3v) is 10.2. The van der Waals surface area contributed by atoms with Crippen molar-refractivity contribution in [1.82, 2.24) is 0 Å². The van der Waals surface area contributed by atoms with Crippen LogP contribution in [0.1, 0.15) is 78.6 Å². The number of hydrogen-bond donors (Lipinski definition) is 4. The molecule has 8 unspecified atom stereocenters. The van der Waals surface area contributed by atoms with E-state index in [0.29, 0.717) is 17.8 Å². The van der Waals surface area contributed by atoms with Gasteiger partial charge < -0.3 is 20.4 Å². The third-order valence-electron chi connectivity index (χ3n) is 10.2. The van der Waals surface area contributed by atoms with Gasteiger partial charge in [0.1, 0.15) is 0 Å². The van der Waals surface area contributed by atoms with Crippen molar-refractivity contribution in [3.8, 4) is 0 Å². The molecule has 0 aromatic rings. The first-order chi connectivity index (χ1) is 13.3. The summed E-state index contributed by atoms with van der Waals surface area (Å²) in [4.78, 5) is 0. The number of hydrogen-bond acceptors (Lipinski definition) is 4. The second-order valence-corrected chi connectivity index (χ2v) is 11.2. The molecule has 0 radical (unpaired) electrons. The smallest absolute Gasteiger partial charge is 0.0605 e. The van der Waals surface area contributed by atoms with Crippen LogP contribution in [-0.4, -0.2) is 45.3 Å². The van der Waals surface area contributed by atoms with Crippen LogP contribution in [0.3, 0.4) is 0 Å². The van der Waals surface area contributed by atoms with E-state index in [1.807, 2.05) is 0 Å². The maximum absolute atomic E-state index is 11.6. The second kappa shape index (κ2) is 7.51. The molecule has 4 N–H and O–H groups in total. The lowest BCUT2D eigenvalue weighted by Gasteiger charge is -2.65. The zero-order chi connectivity index (χ0) is 20.3. The summed E-state index contributed by atoms with van der Waals surface area (Å²) in [6, 6.07) is 0. The van der Waals surface area contributed by atoms with Crippen molar-refractivity contribution in [2.24, 2.45) is 46.3 Å². The molecule has 4 saturated carbocycles. The highest BCUT2D eigenvalue weighted by molar-refractivity contribution is 5.15. The minimum Gasteiger partial charge on any atom is -0.396 e. The molecule has 0 spiro atoms. The van der Waals surface area contributed by atoms with Crippen LogP contribution in [0.2, 0.25) is 0 Å². The number of fused-ring (bicyclic) bond motifs is 5. The largest absolute Gasteiger partial charge is 0.396 e. The van der Waals surface area contributed by atoms with Gasteiger partial charge in [-0.2, -0.15) is 0 Å². The Labute approximate surface area is 170 Å². The summed E-state index contributed by atoms with van der Waals surface area (Å²) in [5.74, 6) is 1.88. The quantitative estimate of drug-likeness (QED) is 0.589.